The minimum absolute atomic E-state index is 0.378. The molecule has 0 radical (unpaired) electrons. The lowest BCUT2D eigenvalue weighted by atomic mass is 10.0. The molecule has 6 heteroatoms. The zero-order valence-electron chi connectivity index (χ0n) is 14.0. The Bertz CT molecular complexity index is 553. The maximum atomic E-state index is 11.9. The van der Waals surface area contributed by atoms with Gasteiger partial charge in [0.1, 0.15) is 11.8 Å². The molecule has 1 fully saturated rings. The molecule has 0 bridgehead atoms. The third kappa shape index (κ3) is 4.16. The highest BCUT2D eigenvalue weighted by Crippen LogP contribution is 2.31. The molecule has 1 aromatic carbocycles. The van der Waals surface area contributed by atoms with E-state index in [2.05, 4.69) is 18.9 Å². The lowest BCUT2D eigenvalue weighted by Crippen LogP contribution is -2.53. The van der Waals surface area contributed by atoms with E-state index < -0.39 is 12.0 Å². The Labute approximate surface area is 142 Å². The standard InChI is InChI=1S/C17H25ClN2O3/c1-4-13-11-20(9-8-19(13)3)16(17(21)22)12-6-7-15(23-5-2)14(18)10-12/h6-7,10,13,16H,4-5,8-9,11H2,1-3H3,(H,21,22). The van der Waals surface area contributed by atoms with Gasteiger partial charge in [-0.3, -0.25) is 9.69 Å². The van der Waals surface area contributed by atoms with E-state index in [0.29, 0.717) is 29.0 Å². The first-order valence-electron chi connectivity index (χ1n) is 8.07. The Morgan fingerprint density at radius 2 is 2.17 bits per heavy atom. The Balaban J connectivity index is 2.25. The predicted molar refractivity (Wildman–Crippen MR) is 91.3 cm³/mol. The largest absolute Gasteiger partial charge is 0.492 e. The first-order valence-corrected chi connectivity index (χ1v) is 8.45. The van der Waals surface area contributed by atoms with Gasteiger partial charge in [0.15, 0.2) is 0 Å². The van der Waals surface area contributed by atoms with E-state index in [0.717, 1.165) is 26.1 Å². The summed E-state index contributed by atoms with van der Waals surface area (Å²) >= 11 is 6.23. The number of halogens is 1. The van der Waals surface area contributed by atoms with Crippen molar-refractivity contribution in [2.24, 2.45) is 0 Å². The van der Waals surface area contributed by atoms with Crippen LogP contribution in [0, 0.1) is 0 Å². The fraction of sp³-hybridized carbons (Fsp3) is 0.588. The Morgan fingerprint density at radius 3 is 2.74 bits per heavy atom. The third-order valence-electron chi connectivity index (χ3n) is 4.45. The van der Waals surface area contributed by atoms with Gasteiger partial charge in [-0.1, -0.05) is 24.6 Å². The quantitative estimate of drug-likeness (QED) is 0.863. The van der Waals surface area contributed by atoms with E-state index in [4.69, 9.17) is 16.3 Å². The predicted octanol–water partition coefficient (Wildman–Crippen LogP) is 2.89. The van der Waals surface area contributed by atoms with Gasteiger partial charge in [-0.2, -0.15) is 0 Å². The van der Waals surface area contributed by atoms with Crippen molar-refractivity contribution < 1.29 is 14.6 Å². The van der Waals surface area contributed by atoms with Crippen LogP contribution in [0.5, 0.6) is 5.75 Å². The molecule has 128 valence electrons. The highest BCUT2D eigenvalue weighted by Gasteiger charge is 2.33. The van der Waals surface area contributed by atoms with Gasteiger partial charge in [0.05, 0.1) is 11.6 Å². The number of aliphatic carboxylic acids is 1. The van der Waals surface area contributed by atoms with Gasteiger partial charge < -0.3 is 14.7 Å². The lowest BCUT2D eigenvalue weighted by molar-refractivity contribution is -0.144. The van der Waals surface area contributed by atoms with E-state index in [1.54, 1.807) is 18.2 Å². The van der Waals surface area contributed by atoms with Crippen LogP contribution in [0.4, 0.5) is 0 Å². The van der Waals surface area contributed by atoms with Crippen LogP contribution in [0.25, 0.3) is 0 Å². The second-order valence-electron chi connectivity index (χ2n) is 5.90. The highest BCUT2D eigenvalue weighted by molar-refractivity contribution is 6.32. The van der Waals surface area contributed by atoms with E-state index in [-0.39, 0.29) is 0 Å². The monoisotopic (exact) mass is 340 g/mol. The summed E-state index contributed by atoms with van der Waals surface area (Å²) < 4.78 is 5.43. The zero-order chi connectivity index (χ0) is 17.0. The summed E-state index contributed by atoms with van der Waals surface area (Å²) in [5.74, 6) is -0.253. The molecule has 2 rings (SSSR count). The molecule has 0 aromatic heterocycles. The number of benzene rings is 1. The van der Waals surface area contributed by atoms with Crippen molar-refractivity contribution in [1.82, 2.24) is 9.80 Å². The van der Waals surface area contributed by atoms with E-state index in [1.807, 2.05) is 11.8 Å². The number of ether oxygens (including phenoxy) is 1. The lowest BCUT2D eigenvalue weighted by Gasteiger charge is -2.41. The number of likely N-dealkylation sites (N-methyl/N-ethyl adjacent to an activating group) is 1. The van der Waals surface area contributed by atoms with Crippen LogP contribution in [-0.4, -0.2) is 60.2 Å². The molecular formula is C17H25ClN2O3. The minimum Gasteiger partial charge on any atom is -0.492 e. The number of hydrogen-bond acceptors (Lipinski definition) is 4. The molecule has 1 saturated heterocycles. The summed E-state index contributed by atoms with van der Waals surface area (Å²) in [5, 5.41) is 10.2. The Kier molecular flexibility index (Phi) is 6.27. The third-order valence-corrected chi connectivity index (χ3v) is 4.75. The molecule has 23 heavy (non-hydrogen) atoms. The van der Waals surface area contributed by atoms with E-state index in [1.165, 1.54) is 0 Å². The second kappa shape index (κ2) is 7.99. The molecule has 2 unspecified atom stereocenters. The average Bonchev–Trinajstić information content (AvgIpc) is 2.51. The van der Waals surface area contributed by atoms with Crippen LogP contribution < -0.4 is 4.74 Å². The summed E-state index contributed by atoms with van der Waals surface area (Å²) in [7, 11) is 2.09. The Hall–Kier alpha value is -1.30. The van der Waals surface area contributed by atoms with Gasteiger partial charge in [0.25, 0.3) is 0 Å². The molecule has 1 aliphatic heterocycles. The van der Waals surface area contributed by atoms with Gasteiger partial charge in [-0.15, -0.1) is 0 Å². The number of piperazine rings is 1. The van der Waals surface area contributed by atoms with Crippen LogP contribution in [0.1, 0.15) is 31.9 Å². The van der Waals surface area contributed by atoms with Crippen molar-refractivity contribution in [3.8, 4) is 5.75 Å². The summed E-state index contributed by atoms with van der Waals surface area (Å²) in [5.41, 5.74) is 0.699. The average molecular weight is 341 g/mol. The molecule has 2 atom stereocenters. The van der Waals surface area contributed by atoms with E-state index >= 15 is 0 Å². The maximum Gasteiger partial charge on any atom is 0.325 e. The van der Waals surface area contributed by atoms with Crippen LogP contribution >= 0.6 is 11.6 Å². The first kappa shape index (κ1) is 18.0. The zero-order valence-corrected chi connectivity index (χ0v) is 14.7. The van der Waals surface area contributed by atoms with Gasteiger partial charge in [-0.25, -0.2) is 0 Å². The number of hydrogen-bond donors (Lipinski definition) is 1. The number of carboxylic acid groups (broad SMARTS) is 1. The van der Waals surface area contributed by atoms with Gasteiger partial charge in [0.2, 0.25) is 0 Å². The van der Waals surface area contributed by atoms with E-state index in [9.17, 15) is 9.90 Å². The SMILES string of the molecule is CCOc1ccc(C(C(=O)O)N2CCN(C)C(CC)C2)cc1Cl. The van der Waals surface area contributed by atoms with Gasteiger partial charge in [-0.05, 0) is 38.1 Å². The van der Waals surface area contributed by atoms with Crippen molar-refractivity contribution in [1.29, 1.82) is 0 Å². The molecule has 1 aromatic rings. The summed E-state index contributed by atoms with van der Waals surface area (Å²) in [6, 6.07) is 4.97. The number of carbonyl (C=O) groups is 1. The van der Waals surface area contributed by atoms with Gasteiger partial charge in [0, 0.05) is 25.7 Å². The number of rotatable bonds is 6. The fourth-order valence-corrected chi connectivity index (χ4v) is 3.36. The first-order chi connectivity index (χ1) is 11.0. The fourth-order valence-electron chi connectivity index (χ4n) is 3.11. The topological polar surface area (TPSA) is 53.0 Å². The molecule has 0 amide bonds. The molecule has 1 aliphatic rings. The van der Waals surface area contributed by atoms with Crippen LogP contribution in [-0.2, 0) is 4.79 Å². The Morgan fingerprint density at radius 1 is 1.43 bits per heavy atom. The number of nitrogens with zero attached hydrogens (tertiary/aromatic N) is 2. The maximum absolute atomic E-state index is 11.9. The summed E-state index contributed by atoms with van der Waals surface area (Å²) in [4.78, 5) is 16.2. The molecule has 0 spiro atoms. The van der Waals surface area contributed by atoms with Crippen LogP contribution in [0.15, 0.2) is 18.2 Å². The molecule has 1 heterocycles. The molecule has 1 N–H and O–H groups in total. The molecule has 5 nitrogen and oxygen atoms in total. The molecule has 0 saturated carbocycles. The van der Waals surface area contributed by atoms with Crippen molar-refractivity contribution in [3.05, 3.63) is 28.8 Å². The van der Waals surface area contributed by atoms with Crippen molar-refractivity contribution >= 4 is 17.6 Å². The second-order valence-corrected chi connectivity index (χ2v) is 6.31. The highest BCUT2D eigenvalue weighted by atomic mass is 35.5. The number of carboxylic acids is 1. The normalized spacial score (nSPS) is 21.1. The van der Waals surface area contributed by atoms with Crippen molar-refractivity contribution in [2.75, 3.05) is 33.3 Å². The molecular weight excluding hydrogens is 316 g/mol. The van der Waals surface area contributed by atoms with Crippen LogP contribution in [0.3, 0.4) is 0 Å². The molecule has 0 aliphatic carbocycles. The van der Waals surface area contributed by atoms with Gasteiger partial charge >= 0.3 is 5.97 Å². The smallest absolute Gasteiger partial charge is 0.325 e. The summed E-state index contributed by atoms with van der Waals surface area (Å²) in [6.07, 6.45) is 1.00. The van der Waals surface area contributed by atoms with Crippen molar-refractivity contribution in [3.63, 3.8) is 0 Å². The van der Waals surface area contributed by atoms with Crippen molar-refractivity contribution in [2.45, 2.75) is 32.4 Å². The minimum atomic E-state index is -0.843. The summed E-state index contributed by atoms with van der Waals surface area (Å²) in [6.45, 7) is 6.89. The van der Waals surface area contributed by atoms with Crippen LogP contribution in [0.2, 0.25) is 5.02 Å².